The van der Waals surface area contributed by atoms with Gasteiger partial charge in [-0.2, -0.15) is 0 Å². The largest absolute Gasteiger partial charge is 0.496 e. The van der Waals surface area contributed by atoms with Gasteiger partial charge in [0.05, 0.1) is 17.0 Å². The maximum atomic E-state index is 13.6. The minimum absolute atomic E-state index is 0.105. The highest BCUT2D eigenvalue weighted by Gasteiger charge is 2.40. The molecule has 110 valence electrons. The smallest absolute Gasteiger partial charge is 0.141 e. The molecule has 2 saturated carbocycles. The summed E-state index contributed by atoms with van der Waals surface area (Å²) < 4.78 is 19.3. The molecule has 0 aliphatic heterocycles. The lowest BCUT2D eigenvalue weighted by atomic mass is 9.84. The summed E-state index contributed by atoms with van der Waals surface area (Å²) in [7, 11) is 1.56. The van der Waals surface area contributed by atoms with Crippen LogP contribution in [0.1, 0.15) is 43.0 Å². The number of rotatable bonds is 4. The Kier molecular flexibility index (Phi) is 4.28. The van der Waals surface area contributed by atoms with E-state index in [1.165, 1.54) is 31.7 Å². The average Bonchev–Trinajstić information content (AvgIpc) is 3.03. The van der Waals surface area contributed by atoms with Crippen LogP contribution in [0.2, 0.25) is 0 Å². The Morgan fingerprint density at radius 2 is 2.20 bits per heavy atom. The first-order chi connectivity index (χ1) is 9.58. The van der Waals surface area contributed by atoms with Gasteiger partial charge in [0.1, 0.15) is 11.6 Å². The normalized spacial score (nSPS) is 29.7. The van der Waals surface area contributed by atoms with E-state index in [1.807, 2.05) is 0 Å². The summed E-state index contributed by atoms with van der Waals surface area (Å²) in [5, 5.41) is -0.105. The van der Waals surface area contributed by atoms with E-state index in [9.17, 15) is 4.39 Å². The van der Waals surface area contributed by atoms with Crippen molar-refractivity contribution in [3.05, 3.63) is 28.0 Å². The van der Waals surface area contributed by atoms with Gasteiger partial charge in [0, 0.05) is 11.6 Å². The van der Waals surface area contributed by atoms with Gasteiger partial charge in [-0.25, -0.2) is 4.39 Å². The van der Waals surface area contributed by atoms with E-state index in [4.69, 9.17) is 16.3 Å². The molecule has 2 aliphatic rings. The fourth-order valence-electron chi connectivity index (χ4n) is 4.02. The van der Waals surface area contributed by atoms with Crippen LogP contribution in [0.15, 0.2) is 16.6 Å². The molecule has 0 aromatic heterocycles. The van der Waals surface area contributed by atoms with Gasteiger partial charge in [0.2, 0.25) is 0 Å². The van der Waals surface area contributed by atoms with Crippen LogP contribution in [0, 0.1) is 23.6 Å². The lowest BCUT2D eigenvalue weighted by Crippen LogP contribution is -2.13. The molecule has 4 atom stereocenters. The van der Waals surface area contributed by atoms with Gasteiger partial charge >= 0.3 is 0 Å². The number of hydrogen-bond donors (Lipinski definition) is 0. The number of alkyl halides is 1. The highest BCUT2D eigenvalue weighted by molar-refractivity contribution is 9.10. The number of halogens is 3. The van der Waals surface area contributed by atoms with Gasteiger partial charge in [-0.3, -0.25) is 0 Å². The van der Waals surface area contributed by atoms with Crippen LogP contribution in [0.5, 0.6) is 5.75 Å². The van der Waals surface area contributed by atoms with E-state index in [0.29, 0.717) is 10.2 Å². The zero-order chi connectivity index (χ0) is 14.3. The van der Waals surface area contributed by atoms with Gasteiger partial charge < -0.3 is 4.74 Å². The molecule has 1 nitrogen and oxygen atoms in total. The molecule has 4 heteroatoms. The van der Waals surface area contributed by atoms with E-state index < -0.39 is 0 Å². The molecule has 2 aliphatic carbocycles. The number of benzene rings is 1. The van der Waals surface area contributed by atoms with Gasteiger partial charge in [-0.15, -0.1) is 11.6 Å². The number of ether oxygens (including phenoxy) is 1. The molecule has 3 rings (SSSR count). The van der Waals surface area contributed by atoms with Crippen LogP contribution in [0.25, 0.3) is 0 Å². The maximum Gasteiger partial charge on any atom is 0.141 e. The Bertz CT molecular complexity index is 507. The highest BCUT2D eigenvalue weighted by Crippen LogP contribution is 2.52. The number of fused-ring (bicyclic) bond motifs is 2. The molecule has 0 saturated heterocycles. The second kappa shape index (κ2) is 5.84. The SMILES string of the molecule is COc1cc(F)c(Br)cc1C(Cl)CC1CC2CCC1C2. The zero-order valence-electron chi connectivity index (χ0n) is 11.5. The van der Waals surface area contributed by atoms with Crippen LogP contribution in [0.4, 0.5) is 4.39 Å². The third kappa shape index (κ3) is 2.71. The summed E-state index contributed by atoms with van der Waals surface area (Å²) in [6.07, 6.45) is 6.44. The average molecular weight is 362 g/mol. The maximum absolute atomic E-state index is 13.6. The molecule has 0 heterocycles. The topological polar surface area (TPSA) is 9.23 Å². The van der Waals surface area contributed by atoms with Crippen molar-refractivity contribution in [1.82, 2.24) is 0 Å². The second-order valence-electron chi connectivity index (χ2n) is 6.15. The molecular formula is C16H19BrClFO. The second-order valence-corrected chi connectivity index (χ2v) is 7.53. The first kappa shape index (κ1) is 14.6. The summed E-state index contributed by atoms with van der Waals surface area (Å²) in [5.41, 5.74) is 0.894. The van der Waals surface area contributed by atoms with Crippen molar-refractivity contribution in [2.45, 2.75) is 37.5 Å². The third-order valence-corrected chi connectivity index (χ3v) is 6.03. The zero-order valence-corrected chi connectivity index (χ0v) is 13.9. The van der Waals surface area contributed by atoms with E-state index >= 15 is 0 Å². The molecule has 1 aromatic carbocycles. The van der Waals surface area contributed by atoms with Gasteiger partial charge in [0.25, 0.3) is 0 Å². The van der Waals surface area contributed by atoms with Crippen LogP contribution < -0.4 is 4.74 Å². The van der Waals surface area contributed by atoms with Crippen LogP contribution in [-0.4, -0.2) is 7.11 Å². The molecule has 2 bridgehead atoms. The predicted molar refractivity (Wildman–Crippen MR) is 82.8 cm³/mol. The fraction of sp³-hybridized carbons (Fsp3) is 0.625. The van der Waals surface area contributed by atoms with Crippen molar-refractivity contribution >= 4 is 27.5 Å². The number of hydrogen-bond acceptors (Lipinski definition) is 1. The summed E-state index contributed by atoms with van der Waals surface area (Å²) in [4.78, 5) is 0. The van der Waals surface area contributed by atoms with Gasteiger partial charge in [-0.1, -0.05) is 6.42 Å². The molecular weight excluding hydrogens is 343 g/mol. The molecule has 2 fully saturated rings. The molecule has 0 radical (unpaired) electrons. The molecule has 0 spiro atoms. The summed E-state index contributed by atoms with van der Waals surface area (Å²) in [6, 6.07) is 3.18. The van der Waals surface area contributed by atoms with Crippen molar-refractivity contribution in [2.24, 2.45) is 17.8 Å². The summed E-state index contributed by atoms with van der Waals surface area (Å²) >= 11 is 9.84. The minimum atomic E-state index is -0.311. The predicted octanol–water partition coefficient (Wildman–Crippen LogP) is 5.70. The Morgan fingerprint density at radius 1 is 1.40 bits per heavy atom. The van der Waals surface area contributed by atoms with E-state index in [1.54, 1.807) is 13.2 Å². The van der Waals surface area contributed by atoms with Crippen molar-refractivity contribution in [3.8, 4) is 5.75 Å². The van der Waals surface area contributed by atoms with Crippen LogP contribution in [-0.2, 0) is 0 Å². The lowest BCUT2D eigenvalue weighted by molar-refractivity contribution is 0.309. The van der Waals surface area contributed by atoms with Crippen molar-refractivity contribution in [3.63, 3.8) is 0 Å². The minimum Gasteiger partial charge on any atom is -0.496 e. The number of methoxy groups -OCH3 is 1. The fourth-order valence-corrected chi connectivity index (χ4v) is 4.78. The van der Waals surface area contributed by atoms with E-state index in [0.717, 1.165) is 29.7 Å². The monoisotopic (exact) mass is 360 g/mol. The standard InChI is InChI=1S/C16H19BrClFO/c1-20-16-8-15(19)13(17)7-12(16)14(18)6-11-5-9-2-3-10(11)4-9/h7-11,14H,2-6H2,1H3. The Hall–Kier alpha value is -0.280. The van der Waals surface area contributed by atoms with Crippen LogP contribution in [0.3, 0.4) is 0 Å². The Balaban J connectivity index is 1.76. The lowest BCUT2D eigenvalue weighted by Gasteiger charge is -2.24. The van der Waals surface area contributed by atoms with Crippen LogP contribution >= 0.6 is 27.5 Å². The summed E-state index contributed by atoms with van der Waals surface area (Å²) in [5.74, 6) is 2.75. The first-order valence-electron chi connectivity index (χ1n) is 7.25. The molecule has 0 amide bonds. The van der Waals surface area contributed by atoms with Crippen molar-refractivity contribution < 1.29 is 9.13 Å². The quantitative estimate of drug-likeness (QED) is 0.625. The van der Waals surface area contributed by atoms with Crippen molar-refractivity contribution in [1.29, 1.82) is 0 Å². The van der Waals surface area contributed by atoms with Gasteiger partial charge in [-0.05, 0) is 65.4 Å². The van der Waals surface area contributed by atoms with E-state index in [2.05, 4.69) is 15.9 Å². The van der Waals surface area contributed by atoms with Gasteiger partial charge in [0.15, 0.2) is 0 Å². The third-order valence-electron chi connectivity index (χ3n) is 5.00. The first-order valence-corrected chi connectivity index (χ1v) is 8.48. The molecule has 20 heavy (non-hydrogen) atoms. The molecule has 1 aromatic rings. The van der Waals surface area contributed by atoms with Crippen molar-refractivity contribution in [2.75, 3.05) is 7.11 Å². The Labute approximate surface area is 133 Å². The molecule has 0 N–H and O–H groups in total. The van der Waals surface area contributed by atoms with E-state index in [-0.39, 0.29) is 11.2 Å². The summed E-state index contributed by atoms with van der Waals surface area (Å²) in [6.45, 7) is 0. The highest BCUT2D eigenvalue weighted by atomic mass is 79.9. The molecule has 4 unspecified atom stereocenters. The Morgan fingerprint density at radius 3 is 2.80 bits per heavy atom.